The standard InChI is InChI=1S/C15H15N3O4S/c1-8-14(20)16-10-5-9(3-4-12(10)22-8)11-7-23-15(17-11)18-13(19)6-21-2/h3-5,7-8H,6H2,1-2H3,(H,16,20)(H,17,18,19)/t8-/m1/s1. The molecule has 1 aromatic heterocycles. The highest BCUT2D eigenvalue weighted by Gasteiger charge is 2.23. The van der Waals surface area contributed by atoms with Gasteiger partial charge in [-0.1, -0.05) is 0 Å². The lowest BCUT2D eigenvalue weighted by atomic mass is 10.1. The largest absolute Gasteiger partial charge is 0.479 e. The molecular formula is C15H15N3O4S. The summed E-state index contributed by atoms with van der Waals surface area (Å²) in [5.41, 5.74) is 2.15. The van der Waals surface area contributed by atoms with Crippen molar-refractivity contribution in [3.05, 3.63) is 23.6 Å². The van der Waals surface area contributed by atoms with E-state index in [0.717, 1.165) is 5.56 Å². The van der Waals surface area contributed by atoms with Crippen LogP contribution < -0.4 is 15.4 Å². The molecule has 1 aromatic carbocycles. The summed E-state index contributed by atoms with van der Waals surface area (Å²) in [6, 6.07) is 5.46. The fraction of sp³-hybridized carbons (Fsp3) is 0.267. The van der Waals surface area contributed by atoms with Crippen molar-refractivity contribution in [2.75, 3.05) is 24.4 Å². The summed E-state index contributed by atoms with van der Waals surface area (Å²) in [5.74, 6) is 0.193. The van der Waals surface area contributed by atoms with E-state index in [4.69, 9.17) is 9.47 Å². The first-order valence-electron chi connectivity index (χ1n) is 6.93. The van der Waals surface area contributed by atoms with Gasteiger partial charge in [0.05, 0.1) is 11.4 Å². The second kappa shape index (κ2) is 6.35. The molecule has 0 spiro atoms. The summed E-state index contributed by atoms with van der Waals surface area (Å²) in [7, 11) is 1.46. The number of carbonyl (C=O) groups excluding carboxylic acids is 2. The zero-order chi connectivity index (χ0) is 16.4. The van der Waals surface area contributed by atoms with Crippen LogP contribution in [0.2, 0.25) is 0 Å². The number of hydrogen-bond donors (Lipinski definition) is 2. The minimum atomic E-state index is -0.504. The molecule has 0 bridgehead atoms. The molecule has 8 heteroatoms. The third-order valence-electron chi connectivity index (χ3n) is 3.23. The molecule has 0 saturated carbocycles. The number of rotatable bonds is 4. The van der Waals surface area contributed by atoms with Crippen LogP contribution in [0.4, 0.5) is 10.8 Å². The van der Waals surface area contributed by atoms with Gasteiger partial charge in [-0.05, 0) is 25.1 Å². The maximum absolute atomic E-state index is 11.7. The molecular weight excluding hydrogens is 318 g/mol. The van der Waals surface area contributed by atoms with Gasteiger partial charge in [0, 0.05) is 18.1 Å². The Morgan fingerprint density at radius 1 is 1.52 bits per heavy atom. The molecule has 2 heterocycles. The molecule has 120 valence electrons. The number of amides is 2. The van der Waals surface area contributed by atoms with E-state index < -0.39 is 6.10 Å². The molecule has 0 unspecified atom stereocenters. The van der Waals surface area contributed by atoms with Gasteiger partial charge < -0.3 is 14.8 Å². The fourth-order valence-electron chi connectivity index (χ4n) is 2.12. The zero-order valence-corrected chi connectivity index (χ0v) is 13.4. The molecule has 0 saturated heterocycles. The van der Waals surface area contributed by atoms with E-state index in [-0.39, 0.29) is 18.4 Å². The van der Waals surface area contributed by atoms with Gasteiger partial charge in [-0.3, -0.25) is 14.9 Å². The van der Waals surface area contributed by atoms with Crippen LogP contribution in [0.5, 0.6) is 5.75 Å². The first-order valence-corrected chi connectivity index (χ1v) is 7.81. The predicted octanol–water partition coefficient (Wildman–Crippen LogP) is 2.11. The number of anilines is 2. The second-order valence-corrected chi connectivity index (χ2v) is 5.84. The van der Waals surface area contributed by atoms with E-state index in [1.165, 1.54) is 18.4 Å². The third-order valence-corrected chi connectivity index (χ3v) is 3.99. The van der Waals surface area contributed by atoms with Gasteiger partial charge in [-0.15, -0.1) is 11.3 Å². The van der Waals surface area contributed by atoms with Crippen molar-refractivity contribution in [2.24, 2.45) is 0 Å². The van der Waals surface area contributed by atoms with Crippen LogP contribution in [0, 0.1) is 0 Å². The molecule has 1 aliphatic heterocycles. The van der Waals surface area contributed by atoms with Crippen LogP contribution in [-0.4, -0.2) is 36.6 Å². The van der Waals surface area contributed by atoms with Crippen LogP contribution in [0.1, 0.15) is 6.92 Å². The van der Waals surface area contributed by atoms with Gasteiger partial charge >= 0.3 is 0 Å². The minimum absolute atomic E-state index is 0.0185. The maximum Gasteiger partial charge on any atom is 0.265 e. The van der Waals surface area contributed by atoms with Crippen molar-refractivity contribution < 1.29 is 19.1 Å². The van der Waals surface area contributed by atoms with Crippen molar-refractivity contribution in [2.45, 2.75) is 13.0 Å². The number of methoxy groups -OCH3 is 1. The minimum Gasteiger partial charge on any atom is -0.479 e. The van der Waals surface area contributed by atoms with E-state index >= 15 is 0 Å². The van der Waals surface area contributed by atoms with Gasteiger partial charge in [0.1, 0.15) is 12.4 Å². The lowest BCUT2D eigenvalue weighted by molar-refractivity contribution is -0.122. The Hall–Kier alpha value is -2.45. The lowest BCUT2D eigenvalue weighted by Crippen LogP contribution is -2.34. The van der Waals surface area contributed by atoms with E-state index in [9.17, 15) is 9.59 Å². The molecule has 23 heavy (non-hydrogen) atoms. The van der Waals surface area contributed by atoms with E-state index in [1.54, 1.807) is 19.1 Å². The Bertz CT molecular complexity index is 759. The number of carbonyl (C=O) groups is 2. The van der Waals surface area contributed by atoms with Crippen LogP contribution in [0.3, 0.4) is 0 Å². The molecule has 2 N–H and O–H groups in total. The first kappa shape index (κ1) is 15.4. The quantitative estimate of drug-likeness (QED) is 0.894. The van der Waals surface area contributed by atoms with Gasteiger partial charge in [0.25, 0.3) is 11.8 Å². The molecule has 7 nitrogen and oxygen atoms in total. The average molecular weight is 333 g/mol. The predicted molar refractivity (Wildman–Crippen MR) is 86.8 cm³/mol. The summed E-state index contributed by atoms with van der Waals surface area (Å²) in [6.45, 7) is 1.68. The molecule has 0 aliphatic carbocycles. The number of hydrogen-bond acceptors (Lipinski definition) is 6. The van der Waals surface area contributed by atoms with Crippen LogP contribution in [0.25, 0.3) is 11.3 Å². The Morgan fingerprint density at radius 3 is 3.13 bits per heavy atom. The van der Waals surface area contributed by atoms with Gasteiger partial charge in [0.15, 0.2) is 11.2 Å². The number of ether oxygens (including phenoxy) is 2. The normalized spacial score (nSPS) is 16.3. The highest BCUT2D eigenvalue weighted by atomic mass is 32.1. The van der Waals surface area contributed by atoms with Gasteiger partial charge in [-0.25, -0.2) is 4.98 Å². The third kappa shape index (κ3) is 3.33. The molecule has 0 radical (unpaired) electrons. The van der Waals surface area contributed by atoms with Crippen LogP contribution >= 0.6 is 11.3 Å². The van der Waals surface area contributed by atoms with Crippen LogP contribution in [0.15, 0.2) is 23.6 Å². The van der Waals surface area contributed by atoms with Crippen molar-refractivity contribution in [3.8, 4) is 17.0 Å². The van der Waals surface area contributed by atoms with E-state index in [1.807, 2.05) is 11.4 Å². The number of thiazole rings is 1. The zero-order valence-electron chi connectivity index (χ0n) is 12.6. The van der Waals surface area contributed by atoms with Crippen LogP contribution in [-0.2, 0) is 14.3 Å². The van der Waals surface area contributed by atoms with E-state index in [0.29, 0.717) is 22.3 Å². The summed E-state index contributed by atoms with van der Waals surface area (Å²) in [6.07, 6.45) is -0.504. The van der Waals surface area contributed by atoms with E-state index in [2.05, 4.69) is 15.6 Å². The molecule has 3 rings (SSSR count). The number of nitrogens with zero attached hydrogens (tertiary/aromatic N) is 1. The van der Waals surface area contributed by atoms with Crippen molar-refractivity contribution in [3.63, 3.8) is 0 Å². The first-order chi connectivity index (χ1) is 11.1. The van der Waals surface area contributed by atoms with Crippen molar-refractivity contribution in [1.82, 2.24) is 4.98 Å². The number of nitrogens with one attached hydrogen (secondary N) is 2. The summed E-state index contributed by atoms with van der Waals surface area (Å²) < 4.78 is 10.3. The lowest BCUT2D eigenvalue weighted by Gasteiger charge is -2.23. The van der Waals surface area contributed by atoms with Crippen molar-refractivity contribution >= 4 is 34.0 Å². The molecule has 2 amide bonds. The number of benzene rings is 1. The van der Waals surface area contributed by atoms with Gasteiger partial charge in [0.2, 0.25) is 0 Å². The monoisotopic (exact) mass is 333 g/mol. The Labute approximate surface area is 136 Å². The molecule has 1 atom stereocenters. The SMILES string of the molecule is COCC(=O)Nc1nc(-c2ccc3c(c2)NC(=O)[C@@H](C)O3)cs1. The second-order valence-electron chi connectivity index (χ2n) is 4.98. The smallest absolute Gasteiger partial charge is 0.265 e. The average Bonchev–Trinajstić information content (AvgIpc) is 2.96. The van der Waals surface area contributed by atoms with Crippen molar-refractivity contribution in [1.29, 1.82) is 0 Å². The highest BCUT2D eigenvalue weighted by Crippen LogP contribution is 2.34. The highest BCUT2D eigenvalue weighted by molar-refractivity contribution is 7.14. The topological polar surface area (TPSA) is 89.5 Å². The number of aromatic nitrogens is 1. The Balaban J connectivity index is 1.80. The molecule has 0 fully saturated rings. The maximum atomic E-state index is 11.7. The fourth-order valence-corrected chi connectivity index (χ4v) is 2.85. The summed E-state index contributed by atoms with van der Waals surface area (Å²) in [5, 5.41) is 7.78. The Morgan fingerprint density at radius 2 is 2.35 bits per heavy atom. The molecule has 1 aliphatic rings. The summed E-state index contributed by atoms with van der Waals surface area (Å²) >= 11 is 1.32. The number of fused-ring (bicyclic) bond motifs is 1. The molecule has 2 aromatic rings. The Kier molecular flexibility index (Phi) is 4.26. The summed E-state index contributed by atoms with van der Waals surface area (Å²) in [4.78, 5) is 27.5. The van der Waals surface area contributed by atoms with Gasteiger partial charge in [-0.2, -0.15) is 0 Å².